The van der Waals surface area contributed by atoms with Gasteiger partial charge in [0.25, 0.3) is 0 Å². The molecular weight excluding hydrogens is 252 g/mol. The molecule has 1 atom stereocenters. The van der Waals surface area contributed by atoms with Crippen LogP contribution in [0.5, 0.6) is 0 Å². The van der Waals surface area contributed by atoms with Gasteiger partial charge < -0.3 is 10.1 Å². The Morgan fingerprint density at radius 3 is 2.85 bits per heavy atom. The molecule has 4 heteroatoms. The first kappa shape index (κ1) is 12.9. The molecule has 0 amide bonds. The van der Waals surface area contributed by atoms with E-state index in [2.05, 4.69) is 35.9 Å². The quantitative estimate of drug-likeness (QED) is 0.880. The summed E-state index contributed by atoms with van der Waals surface area (Å²) >= 11 is 0. The van der Waals surface area contributed by atoms with Crippen molar-refractivity contribution in [3.8, 4) is 11.4 Å². The predicted molar refractivity (Wildman–Crippen MR) is 76.8 cm³/mol. The van der Waals surface area contributed by atoms with E-state index in [1.807, 2.05) is 6.07 Å². The number of carboxylic acid groups (broad SMARTS) is 1. The number of nitrogens with one attached hydrogen (secondary N) is 1. The van der Waals surface area contributed by atoms with Gasteiger partial charge in [-0.15, -0.1) is 0 Å². The first-order valence-electron chi connectivity index (χ1n) is 6.95. The smallest absolute Gasteiger partial charge is 0.312 e. The van der Waals surface area contributed by atoms with E-state index >= 15 is 0 Å². The van der Waals surface area contributed by atoms with Gasteiger partial charge in [-0.3, -0.25) is 4.79 Å². The molecule has 0 radical (unpaired) electrons. The zero-order valence-corrected chi connectivity index (χ0v) is 11.7. The molecule has 1 aromatic carbocycles. The highest BCUT2D eigenvalue weighted by molar-refractivity contribution is 5.76. The second-order valence-corrected chi connectivity index (χ2v) is 5.53. The summed E-state index contributed by atoms with van der Waals surface area (Å²) in [5.41, 5.74) is 5.18. The number of benzene rings is 1. The summed E-state index contributed by atoms with van der Waals surface area (Å²) in [6, 6.07) is 6.19. The maximum Gasteiger partial charge on any atom is 0.312 e. The fraction of sp³-hybridized carbons (Fsp3) is 0.375. The Balaban J connectivity index is 2.04. The summed E-state index contributed by atoms with van der Waals surface area (Å²) in [5, 5.41) is 9.29. The van der Waals surface area contributed by atoms with Gasteiger partial charge in [-0.1, -0.05) is 12.1 Å². The maximum absolute atomic E-state index is 11.3. The number of aromatic nitrogens is 2. The molecule has 0 saturated carbocycles. The number of hydrogen-bond acceptors (Lipinski definition) is 2. The Bertz CT molecular complexity index is 673. The standard InChI is InChI=1S/C16H18N2O2/c1-9-6-7-11(8-10(9)2)15-17-13-5-3-4-12(16(19)20)14(13)18-15/h6-8,12H,3-5H2,1-2H3,(H,17,18)(H,19,20). The van der Waals surface area contributed by atoms with E-state index in [0.29, 0.717) is 6.42 Å². The lowest BCUT2D eigenvalue weighted by molar-refractivity contribution is -0.139. The van der Waals surface area contributed by atoms with Gasteiger partial charge >= 0.3 is 5.97 Å². The van der Waals surface area contributed by atoms with Crippen LogP contribution in [0.25, 0.3) is 11.4 Å². The molecule has 0 bridgehead atoms. The number of fused-ring (bicyclic) bond motifs is 1. The van der Waals surface area contributed by atoms with Gasteiger partial charge in [-0.25, -0.2) is 4.98 Å². The van der Waals surface area contributed by atoms with Gasteiger partial charge in [-0.05, 0) is 50.3 Å². The lowest BCUT2D eigenvalue weighted by Gasteiger charge is -2.16. The number of rotatable bonds is 2. The van der Waals surface area contributed by atoms with Crippen LogP contribution in [-0.4, -0.2) is 21.0 Å². The molecule has 2 N–H and O–H groups in total. The average molecular weight is 270 g/mol. The number of aliphatic carboxylic acids is 1. The minimum Gasteiger partial charge on any atom is -0.481 e. The molecule has 1 unspecified atom stereocenters. The summed E-state index contributed by atoms with van der Waals surface area (Å²) in [6.07, 6.45) is 2.47. The molecule has 0 saturated heterocycles. The number of H-pyrrole nitrogens is 1. The highest BCUT2D eigenvalue weighted by Gasteiger charge is 2.29. The Morgan fingerprint density at radius 1 is 1.35 bits per heavy atom. The van der Waals surface area contributed by atoms with Crippen LogP contribution in [0.15, 0.2) is 18.2 Å². The molecule has 20 heavy (non-hydrogen) atoms. The van der Waals surface area contributed by atoms with Gasteiger partial charge in [-0.2, -0.15) is 0 Å². The van der Waals surface area contributed by atoms with Crippen molar-refractivity contribution < 1.29 is 9.90 Å². The summed E-state index contributed by atoms with van der Waals surface area (Å²) in [5.74, 6) is -0.453. The van der Waals surface area contributed by atoms with Crippen LogP contribution in [-0.2, 0) is 11.2 Å². The Kier molecular flexibility index (Phi) is 3.08. The predicted octanol–water partition coefficient (Wildman–Crippen LogP) is 3.20. The van der Waals surface area contributed by atoms with Crippen molar-refractivity contribution in [2.45, 2.75) is 39.0 Å². The summed E-state index contributed by atoms with van der Waals surface area (Å²) < 4.78 is 0. The topological polar surface area (TPSA) is 66.0 Å². The number of nitrogens with zero attached hydrogens (tertiary/aromatic N) is 1. The first-order valence-corrected chi connectivity index (χ1v) is 6.95. The van der Waals surface area contributed by atoms with Crippen LogP contribution in [0, 0.1) is 13.8 Å². The Morgan fingerprint density at radius 2 is 2.15 bits per heavy atom. The van der Waals surface area contributed by atoms with Crippen molar-refractivity contribution >= 4 is 5.97 Å². The molecule has 1 heterocycles. The molecule has 1 aliphatic carbocycles. The molecule has 104 valence electrons. The second-order valence-electron chi connectivity index (χ2n) is 5.53. The van der Waals surface area contributed by atoms with E-state index in [0.717, 1.165) is 35.6 Å². The third-order valence-electron chi connectivity index (χ3n) is 4.14. The molecule has 1 aromatic heterocycles. The van der Waals surface area contributed by atoms with Gasteiger partial charge in [0.1, 0.15) is 11.7 Å². The lowest BCUT2D eigenvalue weighted by atomic mass is 9.90. The summed E-state index contributed by atoms with van der Waals surface area (Å²) in [4.78, 5) is 19.2. The number of aryl methyl sites for hydroxylation is 3. The van der Waals surface area contributed by atoms with Crippen molar-refractivity contribution in [2.24, 2.45) is 0 Å². The molecule has 0 spiro atoms. The molecule has 4 nitrogen and oxygen atoms in total. The zero-order valence-electron chi connectivity index (χ0n) is 11.7. The lowest BCUT2D eigenvalue weighted by Crippen LogP contribution is -2.17. The monoisotopic (exact) mass is 270 g/mol. The van der Waals surface area contributed by atoms with E-state index in [1.165, 1.54) is 11.1 Å². The molecule has 0 aliphatic heterocycles. The van der Waals surface area contributed by atoms with Crippen LogP contribution >= 0.6 is 0 Å². The largest absolute Gasteiger partial charge is 0.481 e. The Hall–Kier alpha value is -2.10. The molecule has 2 aromatic rings. The number of imidazole rings is 1. The zero-order chi connectivity index (χ0) is 14.3. The van der Waals surface area contributed by atoms with Crippen LogP contribution in [0.4, 0.5) is 0 Å². The SMILES string of the molecule is Cc1ccc(-c2nc3c([nH]2)CCCC3C(=O)O)cc1C. The fourth-order valence-corrected chi connectivity index (χ4v) is 2.79. The van der Waals surface area contributed by atoms with Gasteiger partial charge in [0.15, 0.2) is 0 Å². The van der Waals surface area contributed by atoms with Crippen molar-refractivity contribution in [3.05, 3.63) is 40.7 Å². The first-order chi connectivity index (χ1) is 9.56. The number of carboxylic acids is 1. The molecule has 1 aliphatic rings. The van der Waals surface area contributed by atoms with Crippen LogP contribution in [0.2, 0.25) is 0 Å². The Labute approximate surface area is 117 Å². The van der Waals surface area contributed by atoms with Crippen molar-refractivity contribution in [3.63, 3.8) is 0 Å². The third kappa shape index (κ3) is 2.11. The summed E-state index contributed by atoms with van der Waals surface area (Å²) in [6.45, 7) is 4.15. The van der Waals surface area contributed by atoms with Gasteiger partial charge in [0.05, 0.1) is 5.69 Å². The van der Waals surface area contributed by atoms with Gasteiger partial charge in [0, 0.05) is 11.3 Å². The van der Waals surface area contributed by atoms with Crippen LogP contribution in [0.3, 0.4) is 0 Å². The van der Waals surface area contributed by atoms with Crippen LogP contribution < -0.4 is 0 Å². The van der Waals surface area contributed by atoms with Crippen molar-refractivity contribution in [1.82, 2.24) is 9.97 Å². The van der Waals surface area contributed by atoms with Crippen LogP contribution in [0.1, 0.15) is 41.3 Å². The molecule has 3 rings (SSSR count). The maximum atomic E-state index is 11.3. The number of aromatic amines is 1. The van der Waals surface area contributed by atoms with E-state index < -0.39 is 11.9 Å². The van der Waals surface area contributed by atoms with E-state index in [9.17, 15) is 9.90 Å². The minimum atomic E-state index is -0.774. The average Bonchev–Trinajstić information content (AvgIpc) is 2.85. The number of hydrogen-bond donors (Lipinski definition) is 2. The van der Waals surface area contributed by atoms with E-state index in [1.54, 1.807) is 0 Å². The van der Waals surface area contributed by atoms with E-state index in [4.69, 9.17) is 0 Å². The summed E-state index contributed by atoms with van der Waals surface area (Å²) in [7, 11) is 0. The normalized spacial score (nSPS) is 17.8. The highest BCUT2D eigenvalue weighted by Crippen LogP contribution is 2.32. The van der Waals surface area contributed by atoms with Gasteiger partial charge in [0.2, 0.25) is 0 Å². The molecule has 0 fully saturated rings. The molecular formula is C16H18N2O2. The minimum absolute atomic E-state index is 0.463. The van der Waals surface area contributed by atoms with E-state index in [-0.39, 0.29) is 0 Å². The van der Waals surface area contributed by atoms with Crippen molar-refractivity contribution in [2.75, 3.05) is 0 Å². The third-order valence-corrected chi connectivity index (χ3v) is 4.14. The highest BCUT2D eigenvalue weighted by atomic mass is 16.4. The second kappa shape index (κ2) is 4.78. The number of carbonyl (C=O) groups is 1. The van der Waals surface area contributed by atoms with Crippen molar-refractivity contribution in [1.29, 1.82) is 0 Å². The fourth-order valence-electron chi connectivity index (χ4n) is 2.79.